The first-order valence-corrected chi connectivity index (χ1v) is 7.16. The summed E-state index contributed by atoms with van der Waals surface area (Å²) in [6.07, 6.45) is 2.31. The topological polar surface area (TPSA) is 68.0 Å². The molecule has 2 aromatic heterocycles. The highest BCUT2D eigenvalue weighted by Crippen LogP contribution is 2.26. The average molecular weight is 287 g/mol. The van der Waals surface area contributed by atoms with Crippen molar-refractivity contribution in [2.75, 3.05) is 0 Å². The molecule has 0 aliphatic heterocycles. The van der Waals surface area contributed by atoms with Crippen LogP contribution in [-0.2, 0) is 17.8 Å². The predicted molar refractivity (Wildman–Crippen MR) is 76.9 cm³/mol. The van der Waals surface area contributed by atoms with E-state index in [1.165, 1.54) is 15.6 Å². The molecule has 102 valence electrons. The molecule has 0 fully saturated rings. The normalized spacial score (nSPS) is 11.0. The summed E-state index contributed by atoms with van der Waals surface area (Å²) in [5, 5.41) is 20.1. The Bertz CT molecular complexity index is 748. The molecule has 0 unspecified atom stereocenters. The van der Waals surface area contributed by atoms with Crippen LogP contribution in [0.3, 0.4) is 0 Å². The van der Waals surface area contributed by atoms with Crippen LogP contribution in [-0.4, -0.2) is 26.1 Å². The zero-order chi connectivity index (χ0) is 13.9. The van der Waals surface area contributed by atoms with Gasteiger partial charge in [0.05, 0.1) is 18.7 Å². The van der Waals surface area contributed by atoms with E-state index in [0.29, 0.717) is 18.7 Å². The fourth-order valence-corrected chi connectivity index (χ4v) is 3.05. The quantitative estimate of drug-likeness (QED) is 0.783. The predicted octanol–water partition coefficient (Wildman–Crippen LogP) is 2.56. The zero-order valence-corrected chi connectivity index (χ0v) is 11.5. The molecule has 3 aromatic rings. The summed E-state index contributed by atoms with van der Waals surface area (Å²) in [7, 11) is 0. The maximum atomic E-state index is 10.5. The SMILES string of the molecule is O=C(O)CCc1cn(Cc2csc3ccccc23)nn1. The van der Waals surface area contributed by atoms with Crippen LogP contribution in [0.4, 0.5) is 0 Å². The van der Waals surface area contributed by atoms with E-state index in [-0.39, 0.29) is 6.42 Å². The summed E-state index contributed by atoms with van der Waals surface area (Å²) >= 11 is 1.71. The summed E-state index contributed by atoms with van der Waals surface area (Å²) in [5.41, 5.74) is 1.92. The van der Waals surface area contributed by atoms with E-state index in [9.17, 15) is 4.79 Å². The van der Waals surface area contributed by atoms with Gasteiger partial charge < -0.3 is 5.11 Å². The highest BCUT2D eigenvalue weighted by Gasteiger charge is 2.07. The van der Waals surface area contributed by atoms with Gasteiger partial charge in [0.25, 0.3) is 0 Å². The van der Waals surface area contributed by atoms with E-state index in [4.69, 9.17) is 5.11 Å². The Morgan fingerprint density at radius 1 is 1.35 bits per heavy atom. The van der Waals surface area contributed by atoms with Crippen LogP contribution in [0.5, 0.6) is 0 Å². The van der Waals surface area contributed by atoms with E-state index in [0.717, 1.165) is 0 Å². The van der Waals surface area contributed by atoms with E-state index in [1.807, 2.05) is 18.3 Å². The Balaban J connectivity index is 1.76. The van der Waals surface area contributed by atoms with E-state index in [2.05, 4.69) is 27.8 Å². The Morgan fingerprint density at radius 3 is 3.05 bits per heavy atom. The maximum Gasteiger partial charge on any atom is 0.303 e. The molecule has 1 N–H and O–H groups in total. The maximum absolute atomic E-state index is 10.5. The van der Waals surface area contributed by atoms with Gasteiger partial charge in [-0.05, 0) is 22.4 Å². The van der Waals surface area contributed by atoms with E-state index in [1.54, 1.807) is 16.0 Å². The van der Waals surface area contributed by atoms with Gasteiger partial charge in [-0.3, -0.25) is 4.79 Å². The van der Waals surface area contributed by atoms with Crippen molar-refractivity contribution in [1.29, 1.82) is 0 Å². The Morgan fingerprint density at radius 2 is 2.20 bits per heavy atom. The highest BCUT2D eigenvalue weighted by atomic mass is 32.1. The lowest BCUT2D eigenvalue weighted by molar-refractivity contribution is -0.136. The monoisotopic (exact) mass is 287 g/mol. The Kier molecular flexibility index (Phi) is 3.47. The molecule has 1 aromatic carbocycles. The molecule has 2 heterocycles. The molecule has 0 saturated heterocycles. The number of hydrogen-bond acceptors (Lipinski definition) is 4. The number of benzene rings is 1. The molecular weight excluding hydrogens is 274 g/mol. The molecule has 0 amide bonds. The lowest BCUT2D eigenvalue weighted by atomic mass is 10.2. The van der Waals surface area contributed by atoms with Crippen molar-refractivity contribution in [2.24, 2.45) is 0 Å². The zero-order valence-electron chi connectivity index (χ0n) is 10.7. The third-order valence-corrected chi connectivity index (χ3v) is 4.09. The summed E-state index contributed by atoms with van der Waals surface area (Å²) in [6.45, 7) is 0.657. The van der Waals surface area contributed by atoms with Crippen molar-refractivity contribution in [2.45, 2.75) is 19.4 Å². The molecule has 0 radical (unpaired) electrons. The number of aliphatic carboxylic acids is 1. The minimum absolute atomic E-state index is 0.0834. The fourth-order valence-electron chi connectivity index (χ4n) is 2.10. The summed E-state index contributed by atoms with van der Waals surface area (Å²) in [6, 6.07) is 8.26. The lowest BCUT2D eigenvalue weighted by Gasteiger charge is -1.98. The molecule has 0 atom stereocenters. The van der Waals surface area contributed by atoms with E-state index >= 15 is 0 Å². The minimum atomic E-state index is -0.816. The number of carbonyl (C=O) groups is 1. The van der Waals surface area contributed by atoms with Crippen LogP contribution in [0, 0.1) is 0 Å². The number of aryl methyl sites for hydroxylation is 1. The first kappa shape index (κ1) is 12.8. The molecule has 0 spiro atoms. The van der Waals surface area contributed by atoms with Gasteiger partial charge in [-0.2, -0.15) is 0 Å². The molecule has 0 aliphatic rings. The molecule has 3 rings (SSSR count). The van der Waals surface area contributed by atoms with Gasteiger partial charge in [0.1, 0.15) is 0 Å². The summed E-state index contributed by atoms with van der Waals surface area (Å²) in [5.74, 6) is -0.816. The number of fused-ring (bicyclic) bond motifs is 1. The van der Waals surface area contributed by atoms with Gasteiger partial charge in [-0.1, -0.05) is 23.4 Å². The van der Waals surface area contributed by atoms with Crippen LogP contribution in [0.2, 0.25) is 0 Å². The lowest BCUT2D eigenvalue weighted by Crippen LogP contribution is -1.99. The van der Waals surface area contributed by atoms with Crippen LogP contribution in [0.1, 0.15) is 17.7 Å². The summed E-state index contributed by atoms with van der Waals surface area (Å²) < 4.78 is 3.01. The van der Waals surface area contributed by atoms with Gasteiger partial charge in [0.2, 0.25) is 0 Å². The molecule has 5 nitrogen and oxygen atoms in total. The van der Waals surface area contributed by atoms with Gasteiger partial charge in [-0.15, -0.1) is 16.4 Å². The van der Waals surface area contributed by atoms with Crippen molar-refractivity contribution in [3.8, 4) is 0 Å². The van der Waals surface area contributed by atoms with Crippen molar-refractivity contribution in [1.82, 2.24) is 15.0 Å². The second-order valence-electron chi connectivity index (χ2n) is 4.56. The first-order valence-electron chi connectivity index (χ1n) is 6.28. The van der Waals surface area contributed by atoms with Crippen LogP contribution < -0.4 is 0 Å². The van der Waals surface area contributed by atoms with Gasteiger partial charge in [-0.25, -0.2) is 4.68 Å². The second kappa shape index (κ2) is 5.42. The molecular formula is C14H13N3O2S. The van der Waals surface area contributed by atoms with Gasteiger partial charge in [0, 0.05) is 17.3 Å². The van der Waals surface area contributed by atoms with Gasteiger partial charge in [0.15, 0.2) is 0 Å². The molecule has 20 heavy (non-hydrogen) atoms. The number of nitrogens with zero attached hydrogens (tertiary/aromatic N) is 3. The second-order valence-corrected chi connectivity index (χ2v) is 5.47. The van der Waals surface area contributed by atoms with Crippen LogP contribution in [0.15, 0.2) is 35.8 Å². The highest BCUT2D eigenvalue weighted by molar-refractivity contribution is 7.17. The molecule has 0 aliphatic carbocycles. The molecule has 0 saturated carbocycles. The van der Waals surface area contributed by atoms with Crippen molar-refractivity contribution < 1.29 is 9.90 Å². The fraction of sp³-hybridized carbons (Fsp3) is 0.214. The molecule has 0 bridgehead atoms. The number of aromatic nitrogens is 3. The number of carboxylic acid groups (broad SMARTS) is 1. The van der Waals surface area contributed by atoms with Crippen molar-refractivity contribution in [3.63, 3.8) is 0 Å². The molecule has 6 heteroatoms. The smallest absolute Gasteiger partial charge is 0.303 e. The Hall–Kier alpha value is -2.21. The number of hydrogen-bond donors (Lipinski definition) is 1. The van der Waals surface area contributed by atoms with Gasteiger partial charge >= 0.3 is 5.97 Å². The summed E-state index contributed by atoms with van der Waals surface area (Å²) in [4.78, 5) is 10.5. The third kappa shape index (κ3) is 2.70. The largest absolute Gasteiger partial charge is 0.481 e. The van der Waals surface area contributed by atoms with Crippen molar-refractivity contribution >= 4 is 27.4 Å². The average Bonchev–Trinajstić information content (AvgIpc) is 3.05. The number of carboxylic acids is 1. The first-order chi connectivity index (χ1) is 9.72. The minimum Gasteiger partial charge on any atom is -0.481 e. The number of thiophene rings is 1. The van der Waals surface area contributed by atoms with E-state index < -0.39 is 5.97 Å². The van der Waals surface area contributed by atoms with Crippen LogP contribution >= 0.6 is 11.3 Å². The van der Waals surface area contributed by atoms with Crippen molar-refractivity contribution in [3.05, 3.63) is 47.1 Å². The standard InChI is InChI=1S/C14H13N3O2S/c18-14(19)6-5-11-8-17(16-15-11)7-10-9-20-13-4-2-1-3-12(10)13/h1-4,8-9H,5-7H2,(H,18,19). The third-order valence-electron chi connectivity index (χ3n) is 3.07. The Labute approximate surface area is 119 Å². The number of rotatable bonds is 5. The van der Waals surface area contributed by atoms with Crippen LogP contribution in [0.25, 0.3) is 10.1 Å².